The highest BCUT2D eigenvalue weighted by molar-refractivity contribution is 5.19. The van der Waals surface area contributed by atoms with Gasteiger partial charge in [-0.05, 0) is 25.7 Å². The van der Waals surface area contributed by atoms with Gasteiger partial charge in [0.15, 0.2) is 0 Å². The van der Waals surface area contributed by atoms with Gasteiger partial charge < -0.3 is 0 Å². The van der Waals surface area contributed by atoms with Gasteiger partial charge in [-0.1, -0.05) is 6.92 Å². The third kappa shape index (κ3) is 1.13. The molecule has 0 saturated carbocycles. The van der Waals surface area contributed by atoms with Crippen molar-refractivity contribution in [1.82, 2.24) is 9.97 Å². The molecule has 2 heteroatoms. The summed E-state index contributed by atoms with van der Waals surface area (Å²) in [6.07, 6.45) is 4.09. The minimum Gasteiger partial charge on any atom is -0.258 e. The van der Waals surface area contributed by atoms with E-state index in [-0.39, 0.29) is 0 Å². The monoisotopic (exact) mass is 148 g/mol. The normalized spacial score (nSPS) is 21.8. The van der Waals surface area contributed by atoms with Crippen LogP contribution in [0, 0.1) is 12.8 Å². The van der Waals surface area contributed by atoms with Crippen LogP contribution in [0.1, 0.15) is 24.0 Å². The quantitative estimate of drug-likeness (QED) is 0.557. The summed E-state index contributed by atoms with van der Waals surface area (Å²) in [5, 5.41) is 0. The zero-order chi connectivity index (χ0) is 7.84. The Hall–Kier alpha value is -0.920. The second-order valence-electron chi connectivity index (χ2n) is 3.42. The molecule has 0 amide bonds. The number of aryl methyl sites for hydroxylation is 1. The lowest BCUT2D eigenvalue weighted by atomic mass is 10.1. The van der Waals surface area contributed by atoms with Crippen LogP contribution in [-0.4, -0.2) is 9.97 Å². The van der Waals surface area contributed by atoms with Gasteiger partial charge in [0.1, 0.15) is 0 Å². The maximum Gasteiger partial charge on any atom is 0.0624 e. The van der Waals surface area contributed by atoms with Crippen molar-refractivity contribution < 1.29 is 0 Å². The van der Waals surface area contributed by atoms with Crippen molar-refractivity contribution in [1.29, 1.82) is 0 Å². The van der Waals surface area contributed by atoms with E-state index in [2.05, 4.69) is 16.9 Å². The van der Waals surface area contributed by atoms with Gasteiger partial charge in [0.2, 0.25) is 0 Å². The molecule has 2 rings (SSSR count). The van der Waals surface area contributed by atoms with Crippen molar-refractivity contribution in [2.24, 2.45) is 5.92 Å². The first kappa shape index (κ1) is 6.77. The summed E-state index contributed by atoms with van der Waals surface area (Å²) < 4.78 is 0. The molecule has 0 spiro atoms. The van der Waals surface area contributed by atoms with E-state index in [1.165, 1.54) is 11.4 Å². The minimum atomic E-state index is 0.742. The van der Waals surface area contributed by atoms with Crippen LogP contribution in [-0.2, 0) is 12.8 Å². The van der Waals surface area contributed by atoms with Crippen molar-refractivity contribution in [2.75, 3.05) is 0 Å². The van der Waals surface area contributed by atoms with E-state index in [1.54, 1.807) is 0 Å². The predicted octanol–water partition coefficient (Wildman–Crippen LogP) is 1.52. The van der Waals surface area contributed by atoms with Gasteiger partial charge in [0, 0.05) is 6.20 Å². The lowest BCUT2D eigenvalue weighted by Crippen LogP contribution is -1.93. The molecule has 1 aromatic rings. The molecule has 1 aliphatic rings. The lowest BCUT2D eigenvalue weighted by Gasteiger charge is -1.96. The molecule has 11 heavy (non-hydrogen) atoms. The lowest BCUT2D eigenvalue weighted by molar-refractivity contribution is 0.620. The molecule has 1 atom stereocenters. The van der Waals surface area contributed by atoms with Gasteiger partial charge in [-0.2, -0.15) is 0 Å². The summed E-state index contributed by atoms with van der Waals surface area (Å²) in [5.74, 6) is 0.742. The molecule has 58 valence electrons. The van der Waals surface area contributed by atoms with Crippen molar-refractivity contribution in [2.45, 2.75) is 26.7 Å². The Bertz CT molecular complexity index is 281. The Labute approximate surface area is 66.7 Å². The minimum absolute atomic E-state index is 0.742. The molecule has 1 unspecified atom stereocenters. The van der Waals surface area contributed by atoms with Crippen molar-refractivity contribution in [3.8, 4) is 0 Å². The van der Waals surface area contributed by atoms with Gasteiger partial charge in [0.05, 0.1) is 17.1 Å². The van der Waals surface area contributed by atoms with Crippen LogP contribution < -0.4 is 0 Å². The van der Waals surface area contributed by atoms with Crippen LogP contribution >= 0.6 is 0 Å². The van der Waals surface area contributed by atoms with E-state index in [0.717, 1.165) is 24.5 Å². The topological polar surface area (TPSA) is 25.8 Å². The number of rotatable bonds is 0. The fraction of sp³-hybridized carbons (Fsp3) is 0.556. The molecule has 0 radical (unpaired) electrons. The van der Waals surface area contributed by atoms with Gasteiger partial charge in [0.25, 0.3) is 0 Å². The molecule has 0 saturated heterocycles. The van der Waals surface area contributed by atoms with Crippen LogP contribution in [0.5, 0.6) is 0 Å². The molecule has 0 N–H and O–H groups in total. The second-order valence-corrected chi connectivity index (χ2v) is 3.42. The largest absolute Gasteiger partial charge is 0.258 e. The van der Waals surface area contributed by atoms with Gasteiger partial charge in [-0.3, -0.25) is 9.97 Å². The Morgan fingerprint density at radius 3 is 2.91 bits per heavy atom. The van der Waals surface area contributed by atoms with Crippen LogP contribution in [0.15, 0.2) is 6.20 Å². The third-order valence-corrected chi connectivity index (χ3v) is 2.14. The zero-order valence-electron chi connectivity index (χ0n) is 6.96. The molecule has 1 aromatic heterocycles. The van der Waals surface area contributed by atoms with Crippen LogP contribution in [0.2, 0.25) is 0 Å². The molecular formula is C9H12N2. The predicted molar refractivity (Wildman–Crippen MR) is 43.3 cm³/mol. The Morgan fingerprint density at radius 1 is 1.36 bits per heavy atom. The number of fused-ring (bicyclic) bond motifs is 1. The highest BCUT2D eigenvalue weighted by Gasteiger charge is 2.19. The second kappa shape index (κ2) is 2.29. The summed E-state index contributed by atoms with van der Waals surface area (Å²) in [5.41, 5.74) is 3.47. The smallest absolute Gasteiger partial charge is 0.0624 e. The summed E-state index contributed by atoms with van der Waals surface area (Å²) in [7, 11) is 0. The summed E-state index contributed by atoms with van der Waals surface area (Å²) in [6, 6.07) is 0. The Morgan fingerprint density at radius 2 is 2.09 bits per heavy atom. The SMILES string of the molecule is Cc1cnc2c(n1)CC(C)C2. The number of hydrogen-bond donors (Lipinski definition) is 0. The zero-order valence-corrected chi connectivity index (χ0v) is 6.96. The van der Waals surface area contributed by atoms with Gasteiger partial charge in [-0.15, -0.1) is 0 Å². The molecule has 2 nitrogen and oxygen atoms in total. The average molecular weight is 148 g/mol. The van der Waals surface area contributed by atoms with Gasteiger partial charge >= 0.3 is 0 Å². The summed E-state index contributed by atoms with van der Waals surface area (Å²) in [4.78, 5) is 8.79. The summed E-state index contributed by atoms with van der Waals surface area (Å²) >= 11 is 0. The molecule has 0 fully saturated rings. The molecule has 1 heterocycles. The van der Waals surface area contributed by atoms with E-state index < -0.39 is 0 Å². The van der Waals surface area contributed by atoms with Crippen LogP contribution in [0.4, 0.5) is 0 Å². The number of hydrogen-bond acceptors (Lipinski definition) is 2. The third-order valence-electron chi connectivity index (χ3n) is 2.14. The van der Waals surface area contributed by atoms with E-state index >= 15 is 0 Å². The highest BCUT2D eigenvalue weighted by Crippen LogP contribution is 2.22. The molecule has 0 aromatic carbocycles. The van der Waals surface area contributed by atoms with Crippen molar-refractivity contribution in [3.63, 3.8) is 0 Å². The Kier molecular flexibility index (Phi) is 1.41. The maximum absolute atomic E-state index is 4.44. The van der Waals surface area contributed by atoms with Crippen LogP contribution in [0.3, 0.4) is 0 Å². The first-order chi connectivity index (χ1) is 5.25. The first-order valence-corrected chi connectivity index (χ1v) is 4.07. The van der Waals surface area contributed by atoms with Crippen molar-refractivity contribution in [3.05, 3.63) is 23.3 Å². The van der Waals surface area contributed by atoms with E-state index in [1.807, 2.05) is 13.1 Å². The fourth-order valence-corrected chi connectivity index (χ4v) is 1.62. The molecule has 0 aliphatic heterocycles. The standard InChI is InChI=1S/C9H12N2/c1-6-3-8-9(4-6)11-7(2)5-10-8/h5-6H,3-4H2,1-2H3. The first-order valence-electron chi connectivity index (χ1n) is 4.07. The maximum atomic E-state index is 4.44. The summed E-state index contributed by atoms with van der Waals surface area (Å²) in [6.45, 7) is 4.24. The average Bonchev–Trinajstić information content (AvgIpc) is 2.27. The van der Waals surface area contributed by atoms with Crippen LogP contribution in [0.25, 0.3) is 0 Å². The molecular weight excluding hydrogens is 136 g/mol. The van der Waals surface area contributed by atoms with E-state index in [4.69, 9.17) is 0 Å². The molecule has 1 aliphatic carbocycles. The number of aromatic nitrogens is 2. The van der Waals surface area contributed by atoms with Gasteiger partial charge in [-0.25, -0.2) is 0 Å². The van der Waals surface area contributed by atoms with E-state index in [9.17, 15) is 0 Å². The highest BCUT2D eigenvalue weighted by atomic mass is 14.8. The van der Waals surface area contributed by atoms with Crippen molar-refractivity contribution >= 4 is 0 Å². The Balaban J connectivity index is 2.43. The fourth-order valence-electron chi connectivity index (χ4n) is 1.62. The number of nitrogens with zero attached hydrogens (tertiary/aromatic N) is 2. The van der Waals surface area contributed by atoms with E-state index in [0.29, 0.717) is 0 Å². The molecule has 0 bridgehead atoms.